The Kier molecular flexibility index (Phi) is 4.83. The van der Waals surface area contributed by atoms with Crippen molar-refractivity contribution in [1.29, 1.82) is 0 Å². The van der Waals surface area contributed by atoms with Crippen molar-refractivity contribution in [3.63, 3.8) is 0 Å². The van der Waals surface area contributed by atoms with E-state index in [-0.39, 0.29) is 5.91 Å². The smallest absolute Gasteiger partial charge is 0.226 e. The van der Waals surface area contributed by atoms with Crippen LogP contribution in [0.5, 0.6) is 0 Å². The van der Waals surface area contributed by atoms with Crippen LogP contribution < -0.4 is 5.32 Å². The molecule has 1 fully saturated rings. The maximum Gasteiger partial charge on any atom is 0.226 e. The molecule has 1 aliphatic carbocycles. The van der Waals surface area contributed by atoms with E-state index < -0.39 is 0 Å². The minimum Gasteiger partial charge on any atom is -0.353 e. The van der Waals surface area contributed by atoms with Crippen molar-refractivity contribution in [3.05, 3.63) is 35.5 Å². The Morgan fingerprint density at radius 1 is 1.36 bits per heavy atom. The molecule has 0 bridgehead atoms. The normalized spacial score (nSPS) is 21.5. The molecule has 0 saturated heterocycles. The maximum atomic E-state index is 12.2. The minimum absolute atomic E-state index is 0.0802. The Hall–Kier alpha value is -1.75. The van der Waals surface area contributed by atoms with Crippen molar-refractivity contribution in [2.45, 2.75) is 45.1 Å². The third kappa shape index (κ3) is 3.71. The first kappa shape index (κ1) is 15.2. The molecule has 1 amide bonds. The predicted octanol–water partition coefficient (Wildman–Crippen LogP) is 3.44. The summed E-state index contributed by atoms with van der Waals surface area (Å²) in [7, 11) is 0. The van der Waals surface area contributed by atoms with E-state index in [2.05, 4.69) is 22.2 Å². The molecule has 116 valence electrons. The zero-order valence-electron chi connectivity index (χ0n) is 12.8. The molecule has 22 heavy (non-hydrogen) atoms. The molecule has 0 spiro atoms. The van der Waals surface area contributed by atoms with Crippen LogP contribution in [0.4, 0.5) is 0 Å². The van der Waals surface area contributed by atoms with E-state index in [0.717, 1.165) is 22.8 Å². The lowest BCUT2D eigenvalue weighted by Crippen LogP contribution is -2.41. The lowest BCUT2D eigenvalue weighted by Gasteiger charge is -2.29. The van der Waals surface area contributed by atoms with Crippen LogP contribution in [0, 0.1) is 5.92 Å². The first-order chi connectivity index (χ1) is 10.7. The third-order valence-electron chi connectivity index (χ3n) is 4.24. The highest BCUT2D eigenvalue weighted by molar-refractivity contribution is 7.13. The monoisotopic (exact) mass is 315 g/mol. The number of hydrogen-bond acceptors (Lipinski definition) is 4. The van der Waals surface area contributed by atoms with Crippen LogP contribution in [-0.2, 0) is 11.2 Å². The van der Waals surface area contributed by atoms with Gasteiger partial charge in [-0.25, -0.2) is 4.98 Å². The third-order valence-corrected chi connectivity index (χ3v) is 5.15. The van der Waals surface area contributed by atoms with Crippen molar-refractivity contribution in [1.82, 2.24) is 15.3 Å². The van der Waals surface area contributed by atoms with E-state index in [0.29, 0.717) is 18.4 Å². The van der Waals surface area contributed by atoms with Gasteiger partial charge in [0.15, 0.2) is 0 Å². The van der Waals surface area contributed by atoms with Gasteiger partial charge in [-0.05, 0) is 30.9 Å². The quantitative estimate of drug-likeness (QED) is 0.940. The summed E-state index contributed by atoms with van der Waals surface area (Å²) in [6.07, 6.45) is 6.93. The lowest BCUT2D eigenvalue weighted by atomic mass is 9.86. The van der Waals surface area contributed by atoms with Crippen LogP contribution >= 0.6 is 11.3 Å². The number of aromatic nitrogens is 2. The van der Waals surface area contributed by atoms with Gasteiger partial charge in [0.1, 0.15) is 5.01 Å². The van der Waals surface area contributed by atoms with Crippen LogP contribution in [-0.4, -0.2) is 21.9 Å². The van der Waals surface area contributed by atoms with Crippen molar-refractivity contribution in [3.8, 4) is 10.7 Å². The fourth-order valence-electron chi connectivity index (χ4n) is 2.95. The molecule has 2 aromatic rings. The molecule has 1 N–H and O–H groups in total. The van der Waals surface area contributed by atoms with Gasteiger partial charge < -0.3 is 5.32 Å². The zero-order valence-corrected chi connectivity index (χ0v) is 13.6. The van der Waals surface area contributed by atoms with Gasteiger partial charge in [0.05, 0.1) is 17.8 Å². The van der Waals surface area contributed by atoms with Crippen molar-refractivity contribution in [2.75, 3.05) is 0 Å². The Balaban J connectivity index is 1.59. The van der Waals surface area contributed by atoms with Crippen molar-refractivity contribution in [2.24, 2.45) is 5.92 Å². The minimum atomic E-state index is 0.0802. The first-order valence-electron chi connectivity index (χ1n) is 7.87. The van der Waals surface area contributed by atoms with Gasteiger partial charge in [-0.15, -0.1) is 11.3 Å². The fourth-order valence-corrected chi connectivity index (χ4v) is 3.74. The summed E-state index contributed by atoms with van der Waals surface area (Å²) in [5.74, 6) is 0.661. The summed E-state index contributed by atoms with van der Waals surface area (Å²) in [5.41, 5.74) is 1.69. The summed E-state index contributed by atoms with van der Waals surface area (Å²) >= 11 is 1.54. The second-order valence-corrected chi connectivity index (χ2v) is 6.83. The molecule has 2 heterocycles. The molecule has 2 aromatic heterocycles. The molecular formula is C17H21N3OS. The number of nitrogens with one attached hydrogen (secondary N) is 1. The molecule has 3 rings (SSSR count). The van der Waals surface area contributed by atoms with Crippen LogP contribution in [0.25, 0.3) is 10.7 Å². The Morgan fingerprint density at radius 3 is 3.00 bits per heavy atom. The Bertz CT molecular complexity index is 626. The van der Waals surface area contributed by atoms with Crippen LogP contribution in [0.2, 0.25) is 0 Å². The summed E-state index contributed by atoms with van der Waals surface area (Å²) in [6.45, 7) is 2.23. The molecule has 4 nitrogen and oxygen atoms in total. The molecule has 0 aromatic carbocycles. The SMILES string of the molecule is CC1CCCCC1NC(=O)Cc1csc(-c2ccccn2)n1. The summed E-state index contributed by atoms with van der Waals surface area (Å²) in [5, 5.41) is 6.00. The highest BCUT2D eigenvalue weighted by atomic mass is 32.1. The maximum absolute atomic E-state index is 12.2. The Morgan fingerprint density at radius 2 is 2.23 bits per heavy atom. The molecule has 5 heteroatoms. The van der Waals surface area contributed by atoms with E-state index in [1.807, 2.05) is 23.6 Å². The number of nitrogens with zero attached hydrogens (tertiary/aromatic N) is 2. The van der Waals surface area contributed by atoms with Crippen molar-refractivity contribution >= 4 is 17.2 Å². The number of pyridine rings is 1. The van der Waals surface area contributed by atoms with Gasteiger partial charge in [0, 0.05) is 17.6 Å². The molecule has 1 aliphatic rings. The van der Waals surface area contributed by atoms with Gasteiger partial charge >= 0.3 is 0 Å². The van der Waals surface area contributed by atoms with E-state index in [9.17, 15) is 4.79 Å². The van der Waals surface area contributed by atoms with E-state index in [1.54, 1.807) is 6.20 Å². The predicted molar refractivity (Wildman–Crippen MR) is 88.6 cm³/mol. The van der Waals surface area contributed by atoms with Gasteiger partial charge in [-0.2, -0.15) is 0 Å². The van der Waals surface area contributed by atoms with Gasteiger partial charge in [0.25, 0.3) is 0 Å². The van der Waals surface area contributed by atoms with Crippen LogP contribution in [0.1, 0.15) is 38.3 Å². The molecular weight excluding hydrogens is 294 g/mol. The average molecular weight is 315 g/mol. The molecule has 0 aliphatic heterocycles. The van der Waals surface area contributed by atoms with E-state index in [1.165, 1.54) is 30.6 Å². The number of hydrogen-bond donors (Lipinski definition) is 1. The standard InChI is InChI=1S/C17H21N3OS/c1-12-6-2-3-7-14(12)20-16(21)10-13-11-22-17(19-13)15-8-4-5-9-18-15/h4-5,8-9,11-12,14H,2-3,6-7,10H2,1H3,(H,20,21). The highest BCUT2D eigenvalue weighted by Crippen LogP contribution is 2.24. The molecule has 2 atom stereocenters. The number of amides is 1. The van der Waals surface area contributed by atoms with Crippen molar-refractivity contribution < 1.29 is 4.79 Å². The second kappa shape index (κ2) is 7.01. The number of rotatable bonds is 4. The largest absolute Gasteiger partial charge is 0.353 e. The zero-order chi connectivity index (χ0) is 15.4. The fraction of sp³-hybridized carbons (Fsp3) is 0.471. The Labute approximate surface area is 135 Å². The summed E-state index contributed by atoms with van der Waals surface area (Å²) in [6, 6.07) is 6.10. The van der Waals surface area contributed by atoms with Crippen LogP contribution in [0.15, 0.2) is 29.8 Å². The number of thiazole rings is 1. The van der Waals surface area contributed by atoms with Gasteiger partial charge in [0.2, 0.25) is 5.91 Å². The average Bonchev–Trinajstić information content (AvgIpc) is 2.99. The van der Waals surface area contributed by atoms with Gasteiger partial charge in [-0.1, -0.05) is 25.8 Å². The molecule has 1 saturated carbocycles. The summed E-state index contributed by atoms with van der Waals surface area (Å²) in [4.78, 5) is 21.0. The van der Waals surface area contributed by atoms with E-state index >= 15 is 0 Å². The molecule has 0 radical (unpaired) electrons. The second-order valence-electron chi connectivity index (χ2n) is 5.97. The highest BCUT2D eigenvalue weighted by Gasteiger charge is 2.23. The van der Waals surface area contributed by atoms with Crippen LogP contribution in [0.3, 0.4) is 0 Å². The number of carbonyl (C=O) groups excluding carboxylic acids is 1. The topological polar surface area (TPSA) is 54.9 Å². The van der Waals surface area contributed by atoms with E-state index in [4.69, 9.17) is 0 Å². The first-order valence-corrected chi connectivity index (χ1v) is 8.75. The number of carbonyl (C=O) groups is 1. The summed E-state index contributed by atoms with van der Waals surface area (Å²) < 4.78 is 0. The van der Waals surface area contributed by atoms with Gasteiger partial charge in [-0.3, -0.25) is 9.78 Å². The molecule has 2 unspecified atom stereocenters. The lowest BCUT2D eigenvalue weighted by molar-refractivity contribution is -0.121.